The summed E-state index contributed by atoms with van der Waals surface area (Å²) in [4.78, 5) is 32.1. The van der Waals surface area contributed by atoms with Crippen molar-refractivity contribution in [2.75, 3.05) is 5.75 Å². The fraction of sp³-hybridized carbons (Fsp3) is 0.286. The lowest BCUT2D eigenvalue weighted by Gasteiger charge is -2.11. The number of aromatic nitrogens is 2. The number of carbonyl (C=O) groups is 1. The molecule has 0 fully saturated rings. The minimum Gasteiger partial charge on any atom is -0.293 e. The first kappa shape index (κ1) is 19.6. The molecule has 6 heteroatoms. The molecule has 2 aromatic heterocycles. The van der Waals surface area contributed by atoms with Gasteiger partial charge in [-0.15, -0.1) is 17.9 Å². The van der Waals surface area contributed by atoms with Crippen LogP contribution in [0.25, 0.3) is 10.2 Å². The lowest BCUT2D eigenvalue weighted by atomic mass is 10.0. The van der Waals surface area contributed by atoms with Gasteiger partial charge in [0.1, 0.15) is 4.83 Å². The summed E-state index contributed by atoms with van der Waals surface area (Å²) in [6.07, 6.45) is 1.68. The molecule has 0 atom stereocenters. The molecule has 140 valence electrons. The molecule has 0 bridgehead atoms. The third-order valence-electron chi connectivity index (χ3n) is 4.58. The topological polar surface area (TPSA) is 52.0 Å². The van der Waals surface area contributed by atoms with Gasteiger partial charge in [-0.05, 0) is 38.8 Å². The molecule has 0 spiro atoms. The Morgan fingerprint density at radius 2 is 2.04 bits per heavy atom. The monoisotopic (exact) mass is 398 g/mol. The molecule has 0 saturated carbocycles. The summed E-state index contributed by atoms with van der Waals surface area (Å²) in [7, 11) is 0. The second-order valence-electron chi connectivity index (χ2n) is 6.59. The molecule has 3 rings (SSSR count). The van der Waals surface area contributed by atoms with Gasteiger partial charge in [-0.25, -0.2) is 4.98 Å². The summed E-state index contributed by atoms with van der Waals surface area (Å²) in [5.74, 6) is 0.276. The van der Waals surface area contributed by atoms with Crippen molar-refractivity contribution in [1.82, 2.24) is 9.55 Å². The number of thioether (sulfide) groups is 1. The molecule has 2 heterocycles. The number of rotatable bonds is 6. The van der Waals surface area contributed by atoms with Gasteiger partial charge in [-0.3, -0.25) is 14.2 Å². The Hall–Kier alpha value is -2.18. The van der Waals surface area contributed by atoms with E-state index < -0.39 is 0 Å². The quantitative estimate of drug-likeness (QED) is 0.258. The van der Waals surface area contributed by atoms with Gasteiger partial charge in [-0.1, -0.05) is 41.6 Å². The van der Waals surface area contributed by atoms with E-state index in [1.807, 2.05) is 45.9 Å². The van der Waals surface area contributed by atoms with Gasteiger partial charge in [0.15, 0.2) is 10.9 Å². The molecule has 4 nitrogen and oxygen atoms in total. The Kier molecular flexibility index (Phi) is 5.67. The first-order valence-corrected chi connectivity index (χ1v) is 10.5. The molecule has 0 radical (unpaired) electrons. The Bertz CT molecular complexity index is 1110. The molecular weight excluding hydrogens is 376 g/mol. The number of allylic oxidation sites excluding steroid dienone is 1. The van der Waals surface area contributed by atoms with Crippen LogP contribution < -0.4 is 5.56 Å². The highest BCUT2D eigenvalue weighted by atomic mass is 32.2. The number of nitrogens with zero attached hydrogens (tertiary/aromatic N) is 2. The van der Waals surface area contributed by atoms with Crippen molar-refractivity contribution in [3.8, 4) is 0 Å². The summed E-state index contributed by atoms with van der Waals surface area (Å²) < 4.78 is 1.61. The van der Waals surface area contributed by atoms with Crippen molar-refractivity contribution >= 4 is 39.1 Å². The van der Waals surface area contributed by atoms with Crippen LogP contribution >= 0.6 is 23.1 Å². The number of Topliss-reactive ketones (excluding diaryl/α,β-unsaturated/α-hetero) is 1. The van der Waals surface area contributed by atoms with Crippen LogP contribution in [0.5, 0.6) is 0 Å². The second kappa shape index (κ2) is 7.82. The van der Waals surface area contributed by atoms with Crippen LogP contribution in [-0.2, 0) is 6.54 Å². The van der Waals surface area contributed by atoms with Crippen molar-refractivity contribution in [2.24, 2.45) is 0 Å². The fourth-order valence-corrected chi connectivity index (χ4v) is 5.01. The van der Waals surface area contributed by atoms with Crippen LogP contribution in [0.4, 0.5) is 0 Å². The molecule has 3 aromatic rings. The molecule has 0 saturated heterocycles. The molecule has 0 unspecified atom stereocenters. The largest absolute Gasteiger partial charge is 0.293 e. The van der Waals surface area contributed by atoms with E-state index in [0.717, 1.165) is 32.0 Å². The van der Waals surface area contributed by atoms with E-state index in [0.29, 0.717) is 17.1 Å². The molecule has 0 aliphatic rings. The van der Waals surface area contributed by atoms with Crippen molar-refractivity contribution in [3.05, 3.63) is 68.3 Å². The average Bonchev–Trinajstić information content (AvgIpc) is 2.90. The summed E-state index contributed by atoms with van der Waals surface area (Å²) >= 11 is 2.83. The lowest BCUT2D eigenvalue weighted by Crippen LogP contribution is -2.23. The van der Waals surface area contributed by atoms with Gasteiger partial charge < -0.3 is 0 Å². The lowest BCUT2D eigenvalue weighted by molar-refractivity contribution is 0.102. The van der Waals surface area contributed by atoms with Crippen LogP contribution in [0, 0.1) is 27.7 Å². The number of hydrogen-bond donors (Lipinski definition) is 0. The van der Waals surface area contributed by atoms with Gasteiger partial charge in [0.2, 0.25) is 0 Å². The maximum absolute atomic E-state index is 13.0. The molecule has 0 amide bonds. The van der Waals surface area contributed by atoms with E-state index in [1.54, 1.807) is 10.6 Å². The van der Waals surface area contributed by atoms with Crippen molar-refractivity contribution < 1.29 is 4.79 Å². The first-order valence-electron chi connectivity index (χ1n) is 8.68. The van der Waals surface area contributed by atoms with Gasteiger partial charge in [-0.2, -0.15) is 0 Å². The van der Waals surface area contributed by atoms with Gasteiger partial charge >= 0.3 is 0 Å². The van der Waals surface area contributed by atoms with Crippen molar-refractivity contribution in [2.45, 2.75) is 39.4 Å². The van der Waals surface area contributed by atoms with Crippen molar-refractivity contribution in [1.29, 1.82) is 0 Å². The SMILES string of the molecule is C=CCn1c(SCC(=O)c2ccc(C)cc2C)nc2sc(C)c(C)c2c1=O. The predicted octanol–water partition coefficient (Wildman–Crippen LogP) is 4.85. The number of benzene rings is 1. The van der Waals surface area contributed by atoms with E-state index in [4.69, 9.17) is 0 Å². The maximum atomic E-state index is 13.0. The zero-order valence-electron chi connectivity index (χ0n) is 16.0. The Labute approximate surface area is 167 Å². The number of aryl methyl sites for hydroxylation is 4. The van der Waals surface area contributed by atoms with Crippen LogP contribution in [0.2, 0.25) is 0 Å². The van der Waals surface area contributed by atoms with E-state index in [-0.39, 0.29) is 17.1 Å². The zero-order chi connectivity index (χ0) is 19.7. The number of carbonyl (C=O) groups excluding carboxylic acids is 1. The van der Waals surface area contributed by atoms with Gasteiger partial charge in [0.25, 0.3) is 5.56 Å². The average molecular weight is 399 g/mol. The summed E-state index contributed by atoms with van der Waals surface area (Å²) in [6.45, 7) is 12.0. The molecule has 0 N–H and O–H groups in total. The van der Waals surface area contributed by atoms with E-state index >= 15 is 0 Å². The van der Waals surface area contributed by atoms with E-state index in [9.17, 15) is 9.59 Å². The summed E-state index contributed by atoms with van der Waals surface area (Å²) in [6, 6.07) is 5.82. The third kappa shape index (κ3) is 3.77. The predicted molar refractivity (Wildman–Crippen MR) is 115 cm³/mol. The number of fused-ring (bicyclic) bond motifs is 1. The van der Waals surface area contributed by atoms with Gasteiger partial charge in [0, 0.05) is 17.0 Å². The minimum atomic E-state index is -0.0665. The Morgan fingerprint density at radius 1 is 1.30 bits per heavy atom. The van der Waals surface area contributed by atoms with Crippen LogP contribution in [0.3, 0.4) is 0 Å². The van der Waals surface area contributed by atoms with Crippen LogP contribution in [-0.4, -0.2) is 21.1 Å². The van der Waals surface area contributed by atoms with Crippen LogP contribution in [0.15, 0.2) is 40.8 Å². The number of thiophene rings is 1. The van der Waals surface area contributed by atoms with Crippen LogP contribution in [0.1, 0.15) is 31.9 Å². The first-order chi connectivity index (χ1) is 12.8. The Balaban J connectivity index is 1.96. The maximum Gasteiger partial charge on any atom is 0.263 e. The zero-order valence-corrected chi connectivity index (χ0v) is 17.6. The normalized spacial score (nSPS) is 11.1. The molecule has 27 heavy (non-hydrogen) atoms. The Morgan fingerprint density at radius 3 is 2.70 bits per heavy atom. The highest BCUT2D eigenvalue weighted by Gasteiger charge is 2.18. The number of hydrogen-bond acceptors (Lipinski definition) is 5. The fourth-order valence-electron chi connectivity index (χ4n) is 3.04. The highest BCUT2D eigenvalue weighted by molar-refractivity contribution is 7.99. The third-order valence-corrected chi connectivity index (χ3v) is 6.66. The van der Waals surface area contributed by atoms with Gasteiger partial charge in [0.05, 0.1) is 11.1 Å². The number of ketones is 1. The molecule has 0 aliphatic carbocycles. The second-order valence-corrected chi connectivity index (χ2v) is 8.74. The van der Waals surface area contributed by atoms with Crippen molar-refractivity contribution in [3.63, 3.8) is 0 Å². The van der Waals surface area contributed by atoms with E-state index in [1.165, 1.54) is 23.1 Å². The molecule has 1 aromatic carbocycles. The standard InChI is InChI=1S/C21H22N2O2S2/c1-6-9-23-20(25)18-14(4)15(5)27-19(18)22-21(23)26-11-17(24)16-8-7-12(2)10-13(16)3/h6-8,10H,1,9,11H2,2-5H3. The summed E-state index contributed by atoms with van der Waals surface area (Å²) in [5.41, 5.74) is 3.73. The summed E-state index contributed by atoms with van der Waals surface area (Å²) in [5, 5.41) is 1.23. The highest BCUT2D eigenvalue weighted by Crippen LogP contribution is 2.28. The molecule has 0 aliphatic heterocycles. The minimum absolute atomic E-state index is 0.0375. The smallest absolute Gasteiger partial charge is 0.263 e. The van der Waals surface area contributed by atoms with E-state index in [2.05, 4.69) is 11.6 Å². The molecular formula is C21H22N2O2S2.